The average molecular weight is 598 g/mol. The average Bonchev–Trinajstić information content (AvgIpc) is 3.60. The van der Waals surface area contributed by atoms with E-state index in [0.29, 0.717) is 11.1 Å². The van der Waals surface area contributed by atoms with Gasteiger partial charge >= 0.3 is 11.6 Å². The van der Waals surface area contributed by atoms with Crippen molar-refractivity contribution >= 4 is 50.6 Å². The van der Waals surface area contributed by atoms with Gasteiger partial charge in [0.1, 0.15) is 29.0 Å². The van der Waals surface area contributed by atoms with Crippen LogP contribution in [0.3, 0.4) is 0 Å². The summed E-state index contributed by atoms with van der Waals surface area (Å²) in [7, 11) is 0. The Bertz CT molecular complexity index is 2000. The highest BCUT2D eigenvalue weighted by Gasteiger charge is 2.28. The van der Waals surface area contributed by atoms with E-state index in [9.17, 15) is 24.3 Å². The van der Waals surface area contributed by atoms with E-state index >= 15 is 0 Å². The molecule has 0 fully saturated rings. The van der Waals surface area contributed by atoms with Gasteiger partial charge in [0.2, 0.25) is 11.8 Å². The van der Waals surface area contributed by atoms with Crippen LogP contribution >= 0.6 is 0 Å². The number of carboxylic acid groups (broad SMARTS) is 1. The number of para-hydroxylation sites is 1. The summed E-state index contributed by atoms with van der Waals surface area (Å²) in [4.78, 5) is 54.6. The molecule has 228 valence electrons. The molecule has 3 heterocycles. The summed E-state index contributed by atoms with van der Waals surface area (Å²) in [6.45, 7) is 5.39. The largest absolute Gasteiger partial charge is 0.480 e. The maximum atomic E-state index is 13.2. The Morgan fingerprint density at radius 3 is 2.48 bits per heavy atom. The molecule has 4 N–H and O–H groups in total. The summed E-state index contributed by atoms with van der Waals surface area (Å²) in [6.07, 6.45) is 5.74. The van der Waals surface area contributed by atoms with Crippen molar-refractivity contribution in [2.45, 2.75) is 77.8 Å². The van der Waals surface area contributed by atoms with Gasteiger partial charge in [0.15, 0.2) is 0 Å². The van der Waals surface area contributed by atoms with Gasteiger partial charge in [0, 0.05) is 51.8 Å². The van der Waals surface area contributed by atoms with Gasteiger partial charge in [0.05, 0.1) is 12.0 Å². The molecule has 0 spiro atoms. The molecule has 10 heteroatoms. The third-order valence-corrected chi connectivity index (χ3v) is 8.84. The number of rotatable bonds is 9. The number of hydrogen-bond acceptors (Lipinski definition) is 6. The zero-order valence-electron chi connectivity index (χ0n) is 25.0. The minimum absolute atomic E-state index is 0.0688. The number of amides is 2. The number of nitrogens with one attached hydrogen (secondary N) is 3. The molecule has 0 radical (unpaired) electrons. The van der Waals surface area contributed by atoms with Gasteiger partial charge in [0.25, 0.3) is 0 Å². The van der Waals surface area contributed by atoms with E-state index in [4.69, 9.17) is 8.83 Å². The number of hydrogen-bond donors (Lipinski definition) is 4. The minimum Gasteiger partial charge on any atom is -0.480 e. The van der Waals surface area contributed by atoms with Crippen LogP contribution in [0.5, 0.6) is 0 Å². The van der Waals surface area contributed by atoms with Crippen LogP contribution in [0.25, 0.3) is 32.8 Å². The summed E-state index contributed by atoms with van der Waals surface area (Å²) < 4.78 is 11.9. The second kappa shape index (κ2) is 11.7. The molecule has 44 heavy (non-hydrogen) atoms. The predicted octanol–water partition coefficient (Wildman–Crippen LogP) is 4.77. The first-order valence-electron chi connectivity index (χ1n) is 15.0. The molecule has 1 aliphatic carbocycles. The van der Waals surface area contributed by atoms with E-state index in [1.807, 2.05) is 37.3 Å². The molecule has 6 rings (SSSR count). The molecule has 0 bridgehead atoms. The Hall–Kier alpha value is -4.86. The van der Waals surface area contributed by atoms with Gasteiger partial charge in [-0.05, 0) is 62.8 Å². The molecule has 2 amide bonds. The number of furan rings is 1. The van der Waals surface area contributed by atoms with Crippen molar-refractivity contribution < 1.29 is 28.3 Å². The lowest BCUT2D eigenvalue weighted by atomic mass is 9.93. The zero-order chi connectivity index (χ0) is 31.1. The maximum absolute atomic E-state index is 13.2. The Morgan fingerprint density at radius 1 is 0.955 bits per heavy atom. The Balaban J connectivity index is 1.20. The van der Waals surface area contributed by atoms with E-state index in [1.165, 1.54) is 5.56 Å². The number of fused-ring (bicyclic) bond motifs is 5. The van der Waals surface area contributed by atoms with Crippen molar-refractivity contribution in [2.75, 3.05) is 0 Å². The number of aromatic nitrogens is 1. The van der Waals surface area contributed by atoms with E-state index in [0.717, 1.165) is 69.8 Å². The molecule has 10 nitrogen and oxygen atoms in total. The maximum Gasteiger partial charge on any atom is 0.340 e. The molecule has 2 atom stereocenters. The van der Waals surface area contributed by atoms with E-state index in [-0.39, 0.29) is 24.8 Å². The topological polar surface area (TPSA) is 155 Å². The monoisotopic (exact) mass is 597 g/mol. The molecule has 3 aromatic heterocycles. The summed E-state index contributed by atoms with van der Waals surface area (Å²) in [5, 5.41) is 17.7. The van der Waals surface area contributed by atoms with Crippen molar-refractivity contribution in [1.82, 2.24) is 15.6 Å². The summed E-state index contributed by atoms with van der Waals surface area (Å²) in [6, 6.07) is 7.32. The highest BCUT2D eigenvalue weighted by atomic mass is 16.4. The molecular formula is C34H35N3O7. The fourth-order valence-electron chi connectivity index (χ4n) is 6.37. The highest BCUT2D eigenvalue weighted by molar-refractivity contribution is 6.01. The van der Waals surface area contributed by atoms with Gasteiger partial charge in [-0.2, -0.15) is 0 Å². The first kappa shape index (κ1) is 29.2. The first-order valence-corrected chi connectivity index (χ1v) is 15.0. The summed E-state index contributed by atoms with van der Waals surface area (Å²) >= 11 is 0. The van der Waals surface area contributed by atoms with Crippen molar-refractivity contribution in [1.29, 1.82) is 0 Å². The molecule has 1 aliphatic rings. The first-order chi connectivity index (χ1) is 21.2. The second-order valence-electron chi connectivity index (χ2n) is 11.6. The summed E-state index contributed by atoms with van der Waals surface area (Å²) in [5.41, 5.74) is 4.99. The third kappa shape index (κ3) is 5.25. The number of carbonyl (C=O) groups excluding carboxylic acids is 2. The molecule has 5 aromatic rings. The number of aliphatic carboxylic acids is 1. The molecule has 0 saturated carbocycles. The van der Waals surface area contributed by atoms with Gasteiger partial charge in [-0.3, -0.25) is 9.59 Å². The molecule has 2 aromatic carbocycles. The number of carbonyl (C=O) groups is 3. The Morgan fingerprint density at radius 2 is 1.70 bits per heavy atom. The fourth-order valence-corrected chi connectivity index (χ4v) is 6.37. The lowest BCUT2D eigenvalue weighted by Crippen LogP contribution is -2.52. The number of carboxylic acids is 1. The molecular weight excluding hydrogens is 562 g/mol. The number of aromatic amines is 1. The van der Waals surface area contributed by atoms with Gasteiger partial charge in [-0.1, -0.05) is 25.1 Å². The van der Waals surface area contributed by atoms with Crippen LogP contribution in [0.15, 0.2) is 50.2 Å². The van der Waals surface area contributed by atoms with Gasteiger partial charge in [-0.15, -0.1) is 0 Å². The molecule has 0 saturated heterocycles. The quantitative estimate of drug-likeness (QED) is 0.179. The van der Waals surface area contributed by atoms with Gasteiger partial charge in [-0.25, -0.2) is 9.59 Å². The number of benzene rings is 2. The van der Waals surface area contributed by atoms with Crippen LogP contribution in [0.2, 0.25) is 0 Å². The van der Waals surface area contributed by atoms with Crippen LogP contribution in [0.4, 0.5) is 0 Å². The fraction of sp³-hybridized carbons (Fsp3) is 0.353. The lowest BCUT2D eigenvalue weighted by Gasteiger charge is -2.20. The van der Waals surface area contributed by atoms with Crippen molar-refractivity contribution in [3.63, 3.8) is 0 Å². The summed E-state index contributed by atoms with van der Waals surface area (Å²) in [5.74, 6) is -1.35. The van der Waals surface area contributed by atoms with Crippen molar-refractivity contribution in [3.05, 3.63) is 80.5 Å². The van der Waals surface area contributed by atoms with Crippen LogP contribution in [0.1, 0.15) is 59.8 Å². The predicted molar refractivity (Wildman–Crippen MR) is 166 cm³/mol. The van der Waals surface area contributed by atoms with Crippen molar-refractivity contribution in [3.8, 4) is 0 Å². The van der Waals surface area contributed by atoms with E-state index < -0.39 is 35.5 Å². The third-order valence-electron chi connectivity index (χ3n) is 8.84. The Labute approximate surface area is 252 Å². The second-order valence-corrected chi connectivity index (χ2v) is 11.6. The van der Waals surface area contributed by atoms with Gasteiger partial charge < -0.3 is 29.6 Å². The lowest BCUT2D eigenvalue weighted by molar-refractivity contribution is -0.142. The van der Waals surface area contributed by atoms with Crippen LogP contribution < -0.4 is 16.3 Å². The number of H-pyrrole nitrogens is 1. The SMILES string of the molecule is CCC(NC(=O)Cc1c(C)c2cc3c4c(oc3c(C)c2oc1=O)CCCC4)C(=O)NC(Cc1c[nH]c2ccccc12)C(=O)O. The smallest absolute Gasteiger partial charge is 0.340 e. The minimum atomic E-state index is -1.20. The molecule has 2 unspecified atom stereocenters. The molecule has 0 aliphatic heterocycles. The van der Waals surface area contributed by atoms with Crippen LogP contribution in [-0.2, 0) is 40.1 Å². The zero-order valence-corrected chi connectivity index (χ0v) is 25.0. The van der Waals surface area contributed by atoms with Crippen LogP contribution in [-0.4, -0.2) is 40.0 Å². The normalized spacial score (nSPS) is 14.4. The van der Waals surface area contributed by atoms with E-state index in [2.05, 4.69) is 15.6 Å². The van der Waals surface area contributed by atoms with Crippen LogP contribution in [0, 0.1) is 13.8 Å². The standard InChI is InChI=1S/C34H35N3O7/c1-4-25(32(39)37-27(33(40)41)13-19-16-35-26-11-7-5-9-20(19)26)36-29(38)15-23-17(2)22-14-24-21-10-6-8-12-28(21)43-31(24)18(3)30(22)44-34(23)42/h5,7,9,11,14,16,25,27,35H,4,6,8,10,12-13,15H2,1-3H3,(H,36,38)(H,37,39)(H,40,41). The van der Waals surface area contributed by atoms with Crippen molar-refractivity contribution in [2.24, 2.45) is 0 Å². The Kier molecular flexibility index (Phi) is 7.75. The number of aryl methyl sites for hydroxylation is 4. The highest BCUT2D eigenvalue weighted by Crippen LogP contribution is 2.38. The van der Waals surface area contributed by atoms with E-state index in [1.54, 1.807) is 20.0 Å².